The average Bonchev–Trinajstić information content (AvgIpc) is 2.64. The van der Waals surface area contributed by atoms with Gasteiger partial charge in [0.2, 0.25) is 0 Å². The first-order chi connectivity index (χ1) is 12.0. The van der Waals surface area contributed by atoms with E-state index in [2.05, 4.69) is 42.6 Å². The molecule has 0 spiro atoms. The van der Waals surface area contributed by atoms with Gasteiger partial charge in [-0.2, -0.15) is 0 Å². The summed E-state index contributed by atoms with van der Waals surface area (Å²) in [5.41, 5.74) is 0. The number of rotatable bonds is 17. The molecule has 0 heterocycles. The fourth-order valence-corrected chi connectivity index (χ4v) is 4.56. The van der Waals surface area contributed by atoms with Crippen LogP contribution in [-0.4, -0.2) is 105 Å². The van der Waals surface area contributed by atoms with Gasteiger partial charge in [0.15, 0.2) is 0 Å². The van der Waals surface area contributed by atoms with E-state index in [9.17, 15) is 0 Å². The third kappa shape index (κ3) is 11.3. The van der Waals surface area contributed by atoms with Crippen LogP contribution in [0.25, 0.3) is 0 Å². The normalized spacial score (nSPS) is 12.7. The molecule has 0 fully saturated rings. The van der Waals surface area contributed by atoms with Crippen molar-refractivity contribution in [3.05, 3.63) is 0 Å². The highest BCUT2D eigenvalue weighted by Crippen LogP contribution is 2.15. The molecule has 0 aromatic carbocycles. The second-order valence-corrected chi connectivity index (χ2v) is 9.83. The first kappa shape index (κ1) is 25.0. The van der Waals surface area contributed by atoms with Crippen LogP contribution in [0, 0.1) is 0 Å². The summed E-state index contributed by atoms with van der Waals surface area (Å²) in [7, 11) is 7.02. The van der Waals surface area contributed by atoms with Crippen LogP contribution in [0.3, 0.4) is 0 Å². The fourth-order valence-electron chi connectivity index (χ4n) is 2.86. The molecule has 7 heteroatoms. The molecule has 0 aromatic heterocycles. The Labute approximate surface area is 157 Å². The molecule has 0 saturated heterocycles. The summed E-state index contributed by atoms with van der Waals surface area (Å²) in [5.74, 6) is 0. The highest BCUT2D eigenvalue weighted by molar-refractivity contribution is 6.60. The van der Waals surface area contributed by atoms with Crippen molar-refractivity contribution in [3.8, 4) is 0 Å². The minimum absolute atomic E-state index is 0.872. The zero-order valence-electron chi connectivity index (χ0n) is 17.8. The first-order valence-electron chi connectivity index (χ1n) is 9.71. The maximum absolute atomic E-state index is 5.53. The lowest BCUT2D eigenvalue weighted by atomic mass is 10.3. The topological polar surface area (TPSA) is 37.4 Å². The van der Waals surface area contributed by atoms with E-state index >= 15 is 0 Å². The first-order valence-corrected chi connectivity index (χ1v) is 11.6. The van der Waals surface area contributed by atoms with Gasteiger partial charge in [0.1, 0.15) is 0 Å². The summed E-state index contributed by atoms with van der Waals surface area (Å²) >= 11 is 0. The van der Waals surface area contributed by atoms with E-state index in [1.165, 1.54) is 12.8 Å². The van der Waals surface area contributed by atoms with Gasteiger partial charge in [-0.3, -0.25) is 0 Å². The van der Waals surface area contributed by atoms with E-state index in [0.29, 0.717) is 0 Å². The van der Waals surface area contributed by atoms with Crippen LogP contribution in [0.1, 0.15) is 33.1 Å². The van der Waals surface area contributed by atoms with Crippen molar-refractivity contribution in [2.24, 2.45) is 0 Å². The summed E-state index contributed by atoms with van der Waals surface area (Å²) in [5, 5.41) is 0. The van der Waals surface area contributed by atoms with Crippen molar-refractivity contribution in [3.63, 3.8) is 0 Å². The molecule has 0 N–H and O–H groups in total. The van der Waals surface area contributed by atoms with E-state index in [1.54, 1.807) is 21.3 Å². The summed E-state index contributed by atoms with van der Waals surface area (Å²) in [4.78, 5) is 7.34. The Morgan fingerprint density at radius 2 is 1.04 bits per heavy atom. The molecule has 0 amide bonds. The van der Waals surface area contributed by atoms with Crippen LogP contribution < -0.4 is 0 Å². The van der Waals surface area contributed by atoms with Crippen LogP contribution in [0.4, 0.5) is 0 Å². The minimum Gasteiger partial charge on any atom is -0.377 e. The third-order valence-corrected chi connectivity index (χ3v) is 7.83. The molecule has 0 atom stereocenters. The Morgan fingerprint density at radius 3 is 1.40 bits per heavy atom. The second-order valence-electron chi connectivity index (χ2n) is 6.74. The lowest BCUT2D eigenvalue weighted by Gasteiger charge is -2.27. The quantitative estimate of drug-likeness (QED) is 0.362. The van der Waals surface area contributed by atoms with Gasteiger partial charge in [-0.05, 0) is 79.2 Å². The zero-order valence-corrected chi connectivity index (χ0v) is 18.8. The molecule has 0 unspecified atom stereocenters. The highest BCUT2D eigenvalue weighted by atomic mass is 28.4. The van der Waals surface area contributed by atoms with Crippen molar-refractivity contribution >= 4 is 8.80 Å². The standard InChI is InChI=1S/C18H43N3O3Si/c1-8-19(3)13-10-15-21(16-11-14-20(4)9-2)17-12-18-25(22-5,23-6)24-7/h8-18H2,1-7H3. The lowest BCUT2D eigenvalue weighted by Crippen LogP contribution is -2.43. The van der Waals surface area contributed by atoms with E-state index < -0.39 is 8.80 Å². The largest absolute Gasteiger partial charge is 0.500 e. The van der Waals surface area contributed by atoms with Crippen molar-refractivity contribution in [1.82, 2.24) is 14.7 Å². The number of hydrogen-bond donors (Lipinski definition) is 0. The smallest absolute Gasteiger partial charge is 0.377 e. The average molecular weight is 378 g/mol. The SMILES string of the molecule is CCN(C)CCCN(CCCN(C)CC)CCC[Si](OC)(OC)OC. The maximum Gasteiger partial charge on any atom is 0.500 e. The van der Waals surface area contributed by atoms with Gasteiger partial charge in [0.05, 0.1) is 0 Å². The Kier molecular flexibility index (Phi) is 15.1. The second kappa shape index (κ2) is 15.1. The molecular formula is C18H43N3O3Si. The van der Waals surface area contributed by atoms with Crippen LogP contribution in [0.15, 0.2) is 0 Å². The third-order valence-electron chi connectivity index (χ3n) is 5.00. The summed E-state index contributed by atoms with van der Waals surface area (Å²) in [6.07, 6.45) is 3.49. The van der Waals surface area contributed by atoms with Gasteiger partial charge in [-0.15, -0.1) is 0 Å². The van der Waals surface area contributed by atoms with Crippen molar-refractivity contribution in [1.29, 1.82) is 0 Å². The predicted octanol–water partition coefficient (Wildman–Crippen LogP) is 2.24. The van der Waals surface area contributed by atoms with Crippen LogP contribution >= 0.6 is 0 Å². The van der Waals surface area contributed by atoms with Gasteiger partial charge in [-0.1, -0.05) is 13.8 Å². The molecule has 0 rings (SSSR count). The van der Waals surface area contributed by atoms with Crippen molar-refractivity contribution < 1.29 is 13.3 Å². The molecule has 0 aliphatic carbocycles. The Morgan fingerprint density at radius 1 is 0.640 bits per heavy atom. The minimum atomic E-state index is -2.44. The molecule has 0 bridgehead atoms. The number of nitrogens with zero attached hydrogens (tertiary/aromatic N) is 3. The highest BCUT2D eigenvalue weighted by Gasteiger charge is 2.36. The fraction of sp³-hybridized carbons (Fsp3) is 1.00. The molecule has 152 valence electrons. The molecule has 25 heavy (non-hydrogen) atoms. The molecule has 0 radical (unpaired) electrons. The van der Waals surface area contributed by atoms with E-state index in [0.717, 1.165) is 58.3 Å². The van der Waals surface area contributed by atoms with Gasteiger partial charge in [-0.25, -0.2) is 0 Å². The van der Waals surface area contributed by atoms with Gasteiger partial charge in [0.25, 0.3) is 0 Å². The van der Waals surface area contributed by atoms with E-state index in [4.69, 9.17) is 13.3 Å². The lowest BCUT2D eigenvalue weighted by molar-refractivity contribution is 0.121. The monoisotopic (exact) mass is 377 g/mol. The van der Waals surface area contributed by atoms with Crippen LogP contribution in [0.5, 0.6) is 0 Å². The molecule has 6 nitrogen and oxygen atoms in total. The van der Waals surface area contributed by atoms with Gasteiger partial charge < -0.3 is 28.0 Å². The summed E-state index contributed by atoms with van der Waals surface area (Å²) in [6, 6.07) is 0.872. The molecule has 0 aromatic rings. The Balaban J connectivity index is 4.35. The summed E-state index contributed by atoms with van der Waals surface area (Å²) in [6.45, 7) is 12.4. The van der Waals surface area contributed by atoms with Crippen LogP contribution in [0.2, 0.25) is 6.04 Å². The van der Waals surface area contributed by atoms with Crippen molar-refractivity contribution in [2.75, 3.05) is 81.2 Å². The van der Waals surface area contributed by atoms with E-state index in [-0.39, 0.29) is 0 Å². The Bertz CT molecular complexity index is 283. The van der Waals surface area contributed by atoms with Crippen molar-refractivity contribution in [2.45, 2.75) is 39.2 Å². The zero-order chi connectivity index (χ0) is 19.1. The molecule has 0 aliphatic rings. The van der Waals surface area contributed by atoms with Gasteiger partial charge in [0, 0.05) is 27.4 Å². The molecular weight excluding hydrogens is 334 g/mol. The molecule has 0 aliphatic heterocycles. The Hall–Kier alpha value is -0.0231. The van der Waals surface area contributed by atoms with E-state index in [1.807, 2.05) is 0 Å². The predicted molar refractivity (Wildman–Crippen MR) is 108 cm³/mol. The van der Waals surface area contributed by atoms with Gasteiger partial charge >= 0.3 is 8.80 Å². The summed E-state index contributed by atoms with van der Waals surface area (Å²) < 4.78 is 16.6. The number of hydrogen-bond acceptors (Lipinski definition) is 6. The van der Waals surface area contributed by atoms with Crippen LogP contribution in [-0.2, 0) is 13.3 Å². The maximum atomic E-state index is 5.53. The molecule has 0 saturated carbocycles.